The first-order valence-corrected chi connectivity index (χ1v) is 7.09. The number of nitrogens with zero attached hydrogens (tertiary/aromatic N) is 2. The molecule has 0 bridgehead atoms. The van der Waals surface area contributed by atoms with E-state index in [0.29, 0.717) is 0 Å². The normalized spacial score (nSPS) is 23.7. The topological polar surface area (TPSA) is 28.2 Å². The summed E-state index contributed by atoms with van der Waals surface area (Å²) in [5.41, 5.74) is 1.13. The van der Waals surface area contributed by atoms with E-state index in [-0.39, 0.29) is 0 Å². The monoisotopic (exact) mass is 267 g/mol. The van der Waals surface area contributed by atoms with Crippen LogP contribution in [0.3, 0.4) is 0 Å². The molecule has 0 amide bonds. The van der Waals surface area contributed by atoms with Crippen LogP contribution in [0.1, 0.15) is 26.3 Å². The molecule has 100 valence electrons. The average Bonchev–Trinajstić information content (AvgIpc) is 2.69. The second-order valence-electron chi connectivity index (χ2n) is 5.27. The predicted octanol–water partition coefficient (Wildman–Crippen LogP) is 2.94. The number of halogens is 1. The van der Waals surface area contributed by atoms with Crippen molar-refractivity contribution in [1.82, 2.24) is 10.3 Å². The number of pyridine rings is 1. The lowest BCUT2D eigenvalue weighted by Gasteiger charge is -2.18. The van der Waals surface area contributed by atoms with Gasteiger partial charge in [-0.25, -0.2) is 4.98 Å². The van der Waals surface area contributed by atoms with Crippen molar-refractivity contribution in [2.75, 3.05) is 24.5 Å². The van der Waals surface area contributed by atoms with E-state index in [2.05, 4.69) is 42.0 Å². The van der Waals surface area contributed by atoms with Gasteiger partial charge in [0.15, 0.2) is 0 Å². The summed E-state index contributed by atoms with van der Waals surface area (Å²) >= 11 is 6.17. The molecule has 18 heavy (non-hydrogen) atoms. The van der Waals surface area contributed by atoms with Crippen LogP contribution in [0.25, 0.3) is 0 Å². The van der Waals surface area contributed by atoms with Gasteiger partial charge in [-0.05, 0) is 30.0 Å². The Balaban J connectivity index is 2.14. The molecule has 0 radical (unpaired) electrons. The van der Waals surface area contributed by atoms with E-state index in [4.69, 9.17) is 11.6 Å². The van der Waals surface area contributed by atoms with Crippen molar-refractivity contribution >= 4 is 17.4 Å². The van der Waals surface area contributed by atoms with Crippen molar-refractivity contribution in [2.24, 2.45) is 11.8 Å². The summed E-state index contributed by atoms with van der Waals surface area (Å²) in [5.74, 6) is 2.53. The highest BCUT2D eigenvalue weighted by Gasteiger charge is 2.27. The van der Waals surface area contributed by atoms with E-state index in [1.165, 1.54) is 0 Å². The van der Waals surface area contributed by atoms with Crippen LogP contribution in [-0.4, -0.2) is 24.6 Å². The van der Waals surface area contributed by atoms with Gasteiger partial charge in [0.1, 0.15) is 5.82 Å². The summed E-state index contributed by atoms with van der Waals surface area (Å²) in [4.78, 5) is 6.83. The third kappa shape index (κ3) is 2.96. The van der Waals surface area contributed by atoms with Crippen LogP contribution >= 0.6 is 11.6 Å². The lowest BCUT2D eigenvalue weighted by Crippen LogP contribution is -2.21. The van der Waals surface area contributed by atoms with Gasteiger partial charge in [-0.3, -0.25) is 0 Å². The maximum atomic E-state index is 6.17. The van der Waals surface area contributed by atoms with Crippen molar-refractivity contribution in [2.45, 2.75) is 27.3 Å². The zero-order valence-corrected chi connectivity index (χ0v) is 12.2. The number of aromatic nitrogens is 1. The second-order valence-corrected chi connectivity index (χ2v) is 5.68. The first kappa shape index (κ1) is 13.6. The predicted molar refractivity (Wildman–Crippen MR) is 77.2 cm³/mol. The minimum Gasteiger partial charge on any atom is -0.356 e. The molecule has 0 saturated carbocycles. The Morgan fingerprint density at radius 1 is 1.39 bits per heavy atom. The van der Waals surface area contributed by atoms with Gasteiger partial charge in [-0.2, -0.15) is 0 Å². The Bertz CT molecular complexity index is 398. The third-order valence-corrected chi connectivity index (χ3v) is 4.14. The molecular weight excluding hydrogens is 246 g/mol. The summed E-state index contributed by atoms with van der Waals surface area (Å²) in [6.07, 6.45) is 1.78. The van der Waals surface area contributed by atoms with Crippen LogP contribution in [0, 0.1) is 11.8 Å². The SMILES string of the molecule is CCNCc1cc(N2CC(C)C(C)C2)ncc1Cl. The molecule has 1 aromatic heterocycles. The molecule has 1 aromatic rings. The molecule has 1 saturated heterocycles. The van der Waals surface area contributed by atoms with Gasteiger partial charge in [-0.15, -0.1) is 0 Å². The molecule has 2 rings (SSSR count). The lowest BCUT2D eigenvalue weighted by molar-refractivity contribution is 0.494. The largest absolute Gasteiger partial charge is 0.356 e. The van der Waals surface area contributed by atoms with Crippen molar-refractivity contribution in [1.29, 1.82) is 0 Å². The van der Waals surface area contributed by atoms with E-state index in [9.17, 15) is 0 Å². The van der Waals surface area contributed by atoms with Gasteiger partial charge in [-0.1, -0.05) is 32.4 Å². The molecule has 2 unspecified atom stereocenters. The molecule has 1 aliphatic rings. The molecule has 0 aliphatic carbocycles. The summed E-state index contributed by atoms with van der Waals surface area (Å²) in [6.45, 7) is 10.7. The number of hydrogen-bond acceptors (Lipinski definition) is 3. The average molecular weight is 268 g/mol. The summed E-state index contributed by atoms with van der Waals surface area (Å²) in [5, 5.41) is 4.06. The second kappa shape index (κ2) is 5.89. The van der Waals surface area contributed by atoms with E-state index < -0.39 is 0 Å². The Kier molecular flexibility index (Phi) is 4.46. The zero-order valence-electron chi connectivity index (χ0n) is 11.4. The van der Waals surface area contributed by atoms with Gasteiger partial charge in [0.2, 0.25) is 0 Å². The first-order chi connectivity index (χ1) is 8.61. The molecule has 2 heterocycles. The number of anilines is 1. The van der Waals surface area contributed by atoms with E-state index in [1.807, 2.05) is 0 Å². The molecule has 1 aliphatic heterocycles. The van der Waals surface area contributed by atoms with Crippen LogP contribution in [0.15, 0.2) is 12.3 Å². The fourth-order valence-corrected chi connectivity index (χ4v) is 2.52. The maximum Gasteiger partial charge on any atom is 0.128 e. The quantitative estimate of drug-likeness (QED) is 0.909. The van der Waals surface area contributed by atoms with Crippen LogP contribution in [-0.2, 0) is 6.54 Å². The third-order valence-electron chi connectivity index (χ3n) is 3.80. The van der Waals surface area contributed by atoms with Crippen molar-refractivity contribution in [3.05, 3.63) is 22.8 Å². The van der Waals surface area contributed by atoms with Gasteiger partial charge in [0.25, 0.3) is 0 Å². The minimum absolute atomic E-state index is 0.736. The van der Waals surface area contributed by atoms with Gasteiger partial charge >= 0.3 is 0 Å². The summed E-state index contributed by atoms with van der Waals surface area (Å²) < 4.78 is 0. The molecular formula is C14H22ClN3. The maximum absolute atomic E-state index is 6.17. The molecule has 2 atom stereocenters. The highest BCUT2D eigenvalue weighted by Crippen LogP contribution is 2.28. The van der Waals surface area contributed by atoms with Crippen molar-refractivity contribution < 1.29 is 0 Å². The van der Waals surface area contributed by atoms with E-state index >= 15 is 0 Å². The van der Waals surface area contributed by atoms with Crippen LogP contribution in [0.2, 0.25) is 5.02 Å². The van der Waals surface area contributed by atoms with Crippen molar-refractivity contribution in [3.8, 4) is 0 Å². The molecule has 0 aromatic carbocycles. The number of rotatable bonds is 4. The smallest absolute Gasteiger partial charge is 0.128 e. The Hall–Kier alpha value is -0.800. The van der Waals surface area contributed by atoms with E-state index in [0.717, 1.165) is 54.4 Å². The molecule has 1 fully saturated rings. The molecule has 4 heteroatoms. The fourth-order valence-electron chi connectivity index (χ4n) is 2.35. The lowest BCUT2D eigenvalue weighted by atomic mass is 10.0. The first-order valence-electron chi connectivity index (χ1n) is 6.72. The van der Waals surface area contributed by atoms with Gasteiger partial charge in [0.05, 0.1) is 5.02 Å². The fraction of sp³-hybridized carbons (Fsp3) is 0.643. The minimum atomic E-state index is 0.736. The highest BCUT2D eigenvalue weighted by molar-refractivity contribution is 6.31. The zero-order chi connectivity index (χ0) is 13.1. The highest BCUT2D eigenvalue weighted by atomic mass is 35.5. The Morgan fingerprint density at radius 3 is 2.67 bits per heavy atom. The molecule has 1 N–H and O–H groups in total. The summed E-state index contributed by atoms with van der Waals surface area (Å²) in [7, 11) is 0. The van der Waals surface area contributed by atoms with Crippen molar-refractivity contribution in [3.63, 3.8) is 0 Å². The van der Waals surface area contributed by atoms with E-state index in [1.54, 1.807) is 6.20 Å². The number of hydrogen-bond donors (Lipinski definition) is 1. The Labute approximate surface area is 115 Å². The molecule has 3 nitrogen and oxygen atoms in total. The summed E-state index contributed by atoms with van der Waals surface area (Å²) in [6, 6.07) is 2.12. The van der Waals surface area contributed by atoms with Crippen LogP contribution < -0.4 is 10.2 Å². The van der Waals surface area contributed by atoms with Gasteiger partial charge < -0.3 is 10.2 Å². The van der Waals surface area contributed by atoms with Crippen LogP contribution in [0.4, 0.5) is 5.82 Å². The Morgan fingerprint density at radius 2 is 2.06 bits per heavy atom. The number of nitrogens with one attached hydrogen (secondary N) is 1. The standard InChI is InChI=1S/C14H22ClN3/c1-4-16-6-12-5-14(17-7-13(12)15)18-8-10(2)11(3)9-18/h5,7,10-11,16H,4,6,8-9H2,1-3H3. The molecule has 0 spiro atoms. The van der Waals surface area contributed by atoms with Crippen LogP contribution in [0.5, 0.6) is 0 Å². The van der Waals surface area contributed by atoms with Gasteiger partial charge in [0, 0.05) is 25.8 Å².